The Bertz CT molecular complexity index is 1310. The molecule has 0 saturated heterocycles. The number of esters is 1. The second-order valence-corrected chi connectivity index (χ2v) is 7.08. The monoisotopic (exact) mass is 478 g/mol. The fraction of sp³-hybridized carbons (Fsp3) is 0.0870. The normalized spacial score (nSPS) is 10.5. The lowest BCUT2D eigenvalue weighted by Gasteiger charge is -2.06. The van der Waals surface area contributed by atoms with Crippen LogP contribution >= 0.6 is 0 Å². The number of amides is 1. The average molecular weight is 478 g/mol. The van der Waals surface area contributed by atoms with Crippen molar-refractivity contribution < 1.29 is 28.9 Å². The number of carbonyl (C=O) groups is 2. The van der Waals surface area contributed by atoms with E-state index in [1.54, 1.807) is 25.1 Å². The number of hydrogen-bond acceptors (Lipinski definition) is 9. The minimum atomic E-state index is -0.704. The van der Waals surface area contributed by atoms with Gasteiger partial charge >= 0.3 is 11.7 Å². The molecule has 0 radical (unpaired) electrons. The van der Waals surface area contributed by atoms with Crippen LogP contribution in [0.15, 0.2) is 71.8 Å². The van der Waals surface area contributed by atoms with Gasteiger partial charge < -0.3 is 9.47 Å². The van der Waals surface area contributed by atoms with Crippen LogP contribution in [0.5, 0.6) is 11.5 Å². The van der Waals surface area contributed by atoms with Crippen molar-refractivity contribution in [1.82, 2.24) is 5.43 Å². The third kappa shape index (κ3) is 6.92. The van der Waals surface area contributed by atoms with Crippen molar-refractivity contribution in [2.45, 2.75) is 6.92 Å². The smallest absolute Gasteiger partial charge is 0.343 e. The predicted octanol–water partition coefficient (Wildman–Crippen LogP) is 3.56. The van der Waals surface area contributed by atoms with Crippen LogP contribution in [0.2, 0.25) is 0 Å². The topological polar surface area (TPSA) is 163 Å². The largest absolute Gasteiger partial charge is 0.477 e. The third-order valence-electron chi connectivity index (χ3n) is 4.46. The number of nitrogens with one attached hydrogen (secondary N) is 1. The maximum atomic E-state index is 12.2. The van der Waals surface area contributed by atoms with E-state index in [0.717, 1.165) is 0 Å². The number of hydrogen-bond donors (Lipinski definition) is 1. The number of nitro groups is 2. The molecular weight excluding hydrogens is 460 g/mol. The molecule has 1 N–H and O–H groups in total. The molecule has 3 aromatic rings. The highest BCUT2D eigenvalue weighted by Gasteiger charge is 2.16. The van der Waals surface area contributed by atoms with Gasteiger partial charge in [0, 0.05) is 18.2 Å². The fourth-order valence-corrected chi connectivity index (χ4v) is 2.79. The number of nitrogens with zero attached hydrogens (tertiary/aromatic N) is 3. The van der Waals surface area contributed by atoms with Gasteiger partial charge in [0.2, 0.25) is 0 Å². The van der Waals surface area contributed by atoms with Gasteiger partial charge in [0.1, 0.15) is 5.75 Å². The summed E-state index contributed by atoms with van der Waals surface area (Å²) in [5.74, 6) is -1.19. The molecule has 0 atom stereocenters. The zero-order valence-corrected chi connectivity index (χ0v) is 18.2. The Kier molecular flexibility index (Phi) is 7.80. The first-order valence-corrected chi connectivity index (χ1v) is 9.99. The molecular formula is C23H18N4O8. The van der Waals surface area contributed by atoms with Crippen LogP contribution in [-0.2, 0) is 4.79 Å². The molecule has 3 rings (SSSR count). The number of aryl methyl sites for hydroxylation is 1. The first-order valence-electron chi connectivity index (χ1n) is 9.99. The standard InChI is InChI=1S/C23H18N4O8/c1-15-5-10-21(20(11-15)27(32)33)34-14-22(28)25-24-13-16-3-2-4-19(12-16)35-23(29)17-6-8-18(9-7-17)26(30)31/h2-13H,14H2,1H3,(H,25,28). The van der Waals surface area contributed by atoms with Gasteiger partial charge in [-0.2, -0.15) is 5.10 Å². The van der Waals surface area contributed by atoms with E-state index in [9.17, 15) is 29.8 Å². The first kappa shape index (κ1) is 24.5. The van der Waals surface area contributed by atoms with Gasteiger partial charge in [-0.25, -0.2) is 10.2 Å². The molecule has 1 amide bonds. The second-order valence-electron chi connectivity index (χ2n) is 7.08. The molecule has 178 valence electrons. The molecule has 0 fully saturated rings. The van der Waals surface area contributed by atoms with E-state index in [-0.39, 0.29) is 28.4 Å². The van der Waals surface area contributed by atoms with Gasteiger partial charge in [-0.05, 0) is 48.4 Å². The lowest BCUT2D eigenvalue weighted by atomic mass is 10.2. The van der Waals surface area contributed by atoms with E-state index in [0.29, 0.717) is 11.1 Å². The minimum absolute atomic E-state index is 0.0396. The maximum absolute atomic E-state index is 12.2. The van der Waals surface area contributed by atoms with Crippen molar-refractivity contribution in [2.24, 2.45) is 5.10 Å². The fourth-order valence-electron chi connectivity index (χ4n) is 2.79. The molecule has 0 unspecified atom stereocenters. The zero-order valence-electron chi connectivity index (χ0n) is 18.2. The molecule has 0 aliphatic carbocycles. The summed E-state index contributed by atoms with van der Waals surface area (Å²) < 4.78 is 10.5. The molecule has 35 heavy (non-hydrogen) atoms. The van der Waals surface area contributed by atoms with Crippen molar-refractivity contribution in [3.8, 4) is 11.5 Å². The van der Waals surface area contributed by atoms with Crippen LogP contribution in [0.1, 0.15) is 21.5 Å². The summed E-state index contributed by atoms with van der Waals surface area (Å²) in [5.41, 5.74) is 3.15. The van der Waals surface area contributed by atoms with Gasteiger partial charge in [-0.3, -0.25) is 25.0 Å². The highest BCUT2D eigenvalue weighted by Crippen LogP contribution is 2.27. The zero-order chi connectivity index (χ0) is 25.4. The third-order valence-corrected chi connectivity index (χ3v) is 4.46. The Morgan fingerprint density at radius 1 is 1.00 bits per heavy atom. The quantitative estimate of drug-likeness (QED) is 0.160. The molecule has 0 spiro atoms. The number of nitro benzene ring substituents is 2. The number of rotatable bonds is 9. The Balaban J connectivity index is 1.54. The highest BCUT2D eigenvalue weighted by atomic mass is 16.6. The molecule has 0 aliphatic rings. The van der Waals surface area contributed by atoms with E-state index in [4.69, 9.17) is 9.47 Å². The Labute approximate surface area is 198 Å². The van der Waals surface area contributed by atoms with Crippen LogP contribution in [0.3, 0.4) is 0 Å². The highest BCUT2D eigenvalue weighted by molar-refractivity contribution is 5.91. The van der Waals surface area contributed by atoms with Gasteiger partial charge in [0.15, 0.2) is 12.4 Å². The van der Waals surface area contributed by atoms with Crippen LogP contribution in [0, 0.1) is 27.2 Å². The van der Waals surface area contributed by atoms with E-state index < -0.39 is 28.3 Å². The molecule has 3 aromatic carbocycles. The summed E-state index contributed by atoms with van der Waals surface area (Å²) >= 11 is 0. The van der Waals surface area contributed by atoms with E-state index in [1.807, 2.05) is 0 Å². The van der Waals surface area contributed by atoms with Crippen molar-refractivity contribution in [1.29, 1.82) is 0 Å². The molecule has 0 aromatic heterocycles. The number of carbonyl (C=O) groups excluding carboxylic acids is 2. The summed E-state index contributed by atoms with van der Waals surface area (Å²) in [4.78, 5) is 44.8. The second kappa shape index (κ2) is 11.1. The molecule has 12 heteroatoms. The Hall–Kier alpha value is -5.13. The van der Waals surface area contributed by atoms with Gasteiger partial charge in [0.25, 0.3) is 11.6 Å². The van der Waals surface area contributed by atoms with Crippen LogP contribution in [0.4, 0.5) is 11.4 Å². The molecule has 0 bridgehead atoms. The van der Waals surface area contributed by atoms with Crippen molar-refractivity contribution >= 4 is 29.5 Å². The van der Waals surface area contributed by atoms with Gasteiger partial charge in [0.05, 0.1) is 21.6 Å². The van der Waals surface area contributed by atoms with Crippen molar-refractivity contribution in [3.63, 3.8) is 0 Å². The van der Waals surface area contributed by atoms with Gasteiger partial charge in [-0.1, -0.05) is 18.2 Å². The van der Waals surface area contributed by atoms with E-state index >= 15 is 0 Å². The van der Waals surface area contributed by atoms with Crippen molar-refractivity contribution in [3.05, 3.63) is 104 Å². The summed E-state index contributed by atoms with van der Waals surface area (Å²) in [5, 5.41) is 25.6. The summed E-state index contributed by atoms with van der Waals surface area (Å²) in [6.45, 7) is 1.21. The van der Waals surface area contributed by atoms with Gasteiger partial charge in [-0.15, -0.1) is 0 Å². The molecule has 12 nitrogen and oxygen atoms in total. The lowest BCUT2D eigenvalue weighted by Crippen LogP contribution is -2.24. The number of benzene rings is 3. The number of non-ortho nitro benzene ring substituents is 1. The van der Waals surface area contributed by atoms with E-state index in [2.05, 4.69) is 10.5 Å². The first-order chi connectivity index (χ1) is 16.7. The summed E-state index contributed by atoms with van der Waals surface area (Å²) in [6, 6.07) is 15.6. The summed E-state index contributed by atoms with van der Waals surface area (Å²) in [7, 11) is 0. The molecule has 0 heterocycles. The van der Waals surface area contributed by atoms with Crippen LogP contribution in [-0.4, -0.2) is 34.5 Å². The average Bonchev–Trinajstić information content (AvgIpc) is 2.83. The molecule has 0 aliphatic heterocycles. The van der Waals surface area contributed by atoms with E-state index in [1.165, 1.54) is 54.7 Å². The maximum Gasteiger partial charge on any atom is 0.343 e. The molecule has 0 saturated carbocycles. The number of hydrazone groups is 1. The van der Waals surface area contributed by atoms with Crippen LogP contribution in [0.25, 0.3) is 0 Å². The Morgan fingerprint density at radius 3 is 2.43 bits per heavy atom. The van der Waals surface area contributed by atoms with Crippen LogP contribution < -0.4 is 14.9 Å². The SMILES string of the molecule is Cc1ccc(OCC(=O)NN=Cc2cccc(OC(=O)c3ccc([N+](=O)[O-])cc3)c2)c([N+](=O)[O-])c1. The summed E-state index contributed by atoms with van der Waals surface area (Å²) in [6.07, 6.45) is 1.30. The van der Waals surface area contributed by atoms with Crippen molar-refractivity contribution in [2.75, 3.05) is 6.61 Å². The Morgan fingerprint density at radius 2 is 1.74 bits per heavy atom. The minimum Gasteiger partial charge on any atom is -0.477 e. The lowest BCUT2D eigenvalue weighted by molar-refractivity contribution is -0.385. The predicted molar refractivity (Wildman–Crippen MR) is 124 cm³/mol. The number of ether oxygens (including phenoxy) is 2.